The van der Waals surface area contributed by atoms with Crippen molar-refractivity contribution in [3.63, 3.8) is 0 Å². The first-order chi connectivity index (χ1) is 8.61. The molecule has 1 aliphatic rings. The van der Waals surface area contributed by atoms with Crippen molar-refractivity contribution >= 4 is 5.91 Å². The Labute approximate surface area is 105 Å². The van der Waals surface area contributed by atoms with Crippen LogP contribution < -0.4 is 4.74 Å². The second-order valence-electron chi connectivity index (χ2n) is 4.32. The fraction of sp³-hybridized carbons (Fsp3) is 0.462. The van der Waals surface area contributed by atoms with Gasteiger partial charge in [0.25, 0.3) is 0 Å². The summed E-state index contributed by atoms with van der Waals surface area (Å²) in [7, 11) is 1.46. The Morgan fingerprint density at radius 2 is 2.28 bits per heavy atom. The first-order valence-electron chi connectivity index (χ1n) is 5.91. The van der Waals surface area contributed by atoms with E-state index in [1.54, 1.807) is 4.90 Å². The van der Waals surface area contributed by atoms with Gasteiger partial charge in [-0.25, -0.2) is 4.39 Å². The predicted octanol–water partition coefficient (Wildman–Crippen LogP) is 1.49. The van der Waals surface area contributed by atoms with Crippen molar-refractivity contribution in [3.05, 3.63) is 29.6 Å². The van der Waals surface area contributed by atoms with Crippen LogP contribution in [0.1, 0.15) is 24.5 Å². The molecule has 2 rings (SSSR count). The van der Waals surface area contributed by atoms with Crippen LogP contribution in [0.25, 0.3) is 0 Å². The Kier molecular flexibility index (Phi) is 3.81. The molecule has 1 N–H and O–H groups in total. The maximum atomic E-state index is 13.1. The number of hydrogen-bond acceptors (Lipinski definition) is 3. The molecule has 1 aromatic carbocycles. The highest BCUT2D eigenvalue weighted by Gasteiger charge is 2.24. The van der Waals surface area contributed by atoms with Gasteiger partial charge in [0, 0.05) is 25.1 Å². The summed E-state index contributed by atoms with van der Waals surface area (Å²) in [5, 5.41) is 9.99. The quantitative estimate of drug-likeness (QED) is 0.809. The number of halogens is 1. The number of carbonyl (C=O) groups is 1. The van der Waals surface area contributed by atoms with Crippen LogP contribution in [-0.2, 0) is 4.79 Å². The fourth-order valence-corrected chi connectivity index (χ4v) is 1.84. The molecule has 0 aliphatic carbocycles. The summed E-state index contributed by atoms with van der Waals surface area (Å²) in [4.78, 5) is 13.2. The van der Waals surface area contributed by atoms with E-state index in [1.165, 1.54) is 25.3 Å². The van der Waals surface area contributed by atoms with Crippen LogP contribution in [0.15, 0.2) is 18.2 Å². The van der Waals surface area contributed by atoms with Gasteiger partial charge in [0.1, 0.15) is 11.6 Å². The van der Waals surface area contributed by atoms with Crippen LogP contribution >= 0.6 is 0 Å². The Bertz CT molecular complexity index is 446. The molecule has 1 unspecified atom stereocenters. The topological polar surface area (TPSA) is 49.5 Å². The Morgan fingerprint density at radius 3 is 2.89 bits per heavy atom. The lowest BCUT2D eigenvalue weighted by molar-refractivity contribution is -0.126. The van der Waals surface area contributed by atoms with Gasteiger partial charge < -0.3 is 14.7 Å². The van der Waals surface area contributed by atoms with Crippen LogP contribution in [0, 0.1) is 5.82 Å². The largest absolute Gasteiger partial charge is 0.496 e. The lowest BCUT2D eigenvalue weighted by Crippen LogP contribution is -2.12. The van der Waals surface area contributed by atoms with Crippen molar-refractivity contribution in [2.45, 2.75) is 18.9 Å². The summed E-state index contributed by atoms with van der Waals surface area (Å²) in [6.07, 6.45) is -0.352. The molecule has 1 amide bonds. The highest BCUT2D eigenvalue weighted by molar-refractivity contribution is 5.78. The minimum absolute atomic E-state index is 0.0319. The van der Waals surface area contributed by atoms with Crippen molar-refractivity contribution in [1.82, 2.24) is 4.90 Å². The van der Waals surface area contributed by atoms with Crippen molar-refractivity contribution in [3.8, 4) is 5.75 Å². The second-order valence-corrected chi connectivity index (χ2v) is 4.32. The first kappa shape index (κ1) is 12.8. The van der Waals surface area contributed by atoms with Crippen LogP contribution in [-0.4, -0.2) is 36.1 Å². The average Bonchev–Trinajstić information content (AvgIpc) is 3.19. The van der Waals surface area contributed by atoms with Crippen LogP contribution in [0.2, 0.25) is 0 Å². The molecule has 0 radical (unpaired) electrons. The summed E-state index contributed by atoms with van der Waals surface area (Å²) in [5.74, 6) is 0.0367. The van der Waals surface area contributed by atoms with Crippen molar-refractivity contribution in [2.24, 2.45) is 0 Å². The number of carbonyl (C=O) groups excluding carboxylic acids is 1. The monoisotopic (exact) mass is 253 g/mol. The molecule has 1 aromatic rings. The molecule has 98 valence electrons. The van der Waals surface area contributed by atoms with E-state index in [4.69, 9.17) is 4.74 Å². The third-order valence-corrected chi connectivity index (χ3v) is 2.98. The van der Waals surface area contributed by atoms with Gasteiger partial charge in [-0.15, -0.1) is 0 Å². The van der Waals surface area contributed by atoms with Crippen LogP contribution in [0.5, 0.6) is 5.75 Å². The minimum Gasteiger partial charge on any atom is -0.496 e. The Balaban J connectivity index is 2.00. The average molecular weight is 253 g/mol. The van der Waals surface area contributed by atoms with E-state index < -0.39 is 11.9 Å². The van der Waals surface area contributed by atoms with Gasteiger partial charge in [-0.2, -0.15) is 0 Å². The highest BCUT2D eigenvalue weighted by atomic mass is 19.1. The SMILES string of the molecule is COc1ccc(F)cc1C(O)CCC(=O)N1CC1. The fourth-order valence-electron chi connectivity index (χ4n) is 1.84. The van der Waals surface area contributed by atoms with E-state index in [0.29, 0.717) is 11.3 Å². The predicted molar refractivity (Wildman–Crippen MR) is 63.7 cm³/mol. The van der Waals surface area contributed by atoms with Gasteiger partial charge in [-0.3, -0.25) is 4.79 Å². The molecule has 18 heavy (non-hydrogen) atoms. The maximum Gasteiger partial charge on any atom is 0.222 e. The van der Waals surface area contributed by atoms with Crippen molar-refractivity contribution in [1.29, 1.82) is 0 Å². The van der Waals surface area contributed by atoms with Gasteiger partial charge >= 0.3 is 0 Å². The molecule has 0 spiro atoms. The smallest absolute Gasteiger partial charge is 0.222 e. The molecule has 4 nitrogen and oxygen atoms in total. The maximum absolute atomic E-state index is 13.1. The molecule has 1 fully saturated rings. The third-order valence-electron chi connectivity index (χ3n) is 2.98. The van der Waals surface area contributed by atoms with Gasteiger partial charge in [0.15, 0.2) is 0 Å². The number of hydrogen-bond donors (Lipinski definition) is 1. The highest BCUT2D eigenvalue weighted by Crippen LogP contribution is 2.29. The van der Waals surface area contributed by atoms with E-state index in [-0.39, 0.29) is 18.7 Å². The summed E-state index contributed by atoms with van der Waals surface area (Å²) in [5.41, 5.74) is 0.385. The van der Waals surface area contributed by atoms with E-state index in [0.717, 1.165) is 13.1 Å². The first-order valence-corrected chi connectivity index (χ1v) is 5.91. The molecule has 0 aromatic heterocycles. The van der Waals surface area contributed by atoms with Gasteiger partial charge in [-0.05, 0) is 24.6 Å². The van der Waals surface area contributed by atoms with E-state index in [9.17, 15) is 14.3 Å². The normalized spacial score (nSPS) is 15.4. The van der Waals surface area contributed by atoms with Crippen LogP contribution in [0.3, 0.4) is 0 Å². The van der Waals surface area contributed by atoms with E-state index in [1.807, 2.05) is 0 Å². The summed E-state index contributed by atoms with van der Waals surface area (Å²) < 4.78 is 18.2. The summed E-state index contributed by atoms with van der Waals surface area (Å²) >= 11 is 0. The van der Waals surface area contributed by atoms with Gasteiger partial charge in [0.2, 0.25) is 5.91 Å². The standard InChI is InChI=1S/C13H16FNO3/c1-18-12-4-2-9(14)8-10(12)11(16)3-5-13(17)15-6-7-15/h2,4,8,11,16H,3,5-7H2,1H3. The lowest BCUT2D eigenvalue weighted by atomic mass is 10.0. The molecule has 1 atom stereocenters. The molecule has 0 saturated carbocycles. The van der Waals surface area contributed by atoms with E-state index in [2.05, 4.69) is 0 Å². The number of ether oxygens (including phenoxy) is 1. The van der Waals surface area contributed by atoms with Crippen LogP contribution in [0.4, 0.5) is 4.39 Å². The van der Waals surface area contributed by atoms with Gasteiger partial charge in [0.05, 0.1) is 13.2 Å². The number of methoxy groups -OCH3 is 1. The molecule has 1 heterocycles. The number of rotatable bonds is 5. The molecular formula is C13H16FNO3. The molecule has 1 saturated heterocycles. The zero-order chi connectivity index (χ0) is 13.1. The number of nitrogens with zero attached hydrogens (tertiary/aromatic N) is 1. The molecule has 0 bridgehead atoms. The zero-order valence-electron chi connectivity index (χ0n) is 10.2. The van der Waals surface area contributed by atoms with Crippen molar-refractivity contribution in [2.75, 3.05) is 20.2 Å². The molecule has 1 aliphatic heterocycles. The second kappa shape index (κ2) is 5.35. The van der Waals surface area contributed by atoms with Gasteiger partial charge in [-0.1, -0.05) is 0 Å². The molecular weight excluding hydrogens is 237 g/mol. The number of amides is 1. The summed E-state index contributed by atoms with van der Waals surface area (Å²) in [6.45, 7) is 1.61. The summed E-state index contributed by atoms with van der Waals surface area (Å²) in [6, 6.07) is 3.99. The third kappa shape index (κ3) is 2.98. The van der Waals surface area contributed by atoms with E-state index >= 15 is 0 Å². The number of aliphatic hydroxyl groups is 1. The Hall–Kier alpha value is -1.62. The number of aliphatic hydroxyl groups excluding tert-OH is 1. The number of benzene rings is 1. The zero-order valence-corrected chi connectivity index (χ0v) is 10.2. The molecule has 5 heteroatoms. The Morgan fingerprint density at radius 1 is 1.56 bits per heavy atom. The van der Waals surface area contributed by atoms with Crippen molar-refractivity contribution < 1.29 is 19.0 Å². The minimum atomic E-state index is -0.889. The lowest BCUT2D eigenvalue weighted by Gasteiger charge is -2.14.